The standard InChI is InChI=1S/C31H49NO/c1-10-12-22(3)28-23(4)27-17-18-31(33,20-19-29(5,6)11-2)30(27,7)21-26(28)24-13-15-25(16-14-24)32(8)9/h13-16,22-23,26-28,33H,10-12,17-18,21H2,1-9H3/t22-,23+,26-,27+,28-,30+,31-/m1/s1. The molecule has 0 bridgehead atoms. The maximum absolute atomic E-state index is 12.1. The molecule has 0 spiro atoms. The van der Waals surface area contributed by atoms with Gasteiger partial charge in [-0.1, -0.05) is 71.4 Å². The molecule has 2 nitrogen and oxygen atoms in total. The average molecular weight is 452 g/mol. The maximum atomic E-state index is 12.1. The van der Waals surface area contributed by atoms with Crippen molar-refractivity contribution in [3.05, 3.63) is 29.8 Å². The highest BCUT2D eigenvalue weighted by Gasteiger charge is 2.62. The number of benzene rings is 1. The van der Waals surface area contributed by atoms with Gasteiger partial charge in [0, 0.05) is 30.6 Å². The highest BCUT2D eigenvalue weighted by atomic mass is 16.3. The minimum atomic E-state index is -0.890. The Labute approximate surface area is 204 Å². The molecule has 2 heteroatoms. The van der Waals surface area contributed by atoms with E-state index in [-0.39, 0.29) is 10.8 Å². The Morgan fingerprint density at radius 1 is 1.18 bits per heavy atom. The van der Waals surface area contributed by atoms with Crippen molar-refractivity contribution in [2.45, 2.75) is 98.5 Å². The molecular formula is C31H49NO. The lowest BCUT2D eigenvalue weighted by Gasteiger charge is -2.54. The summed E-state index contributed by atoms with van der Waals surface area (Å²) in [6, 6.07) is 9.23. The monoisotopic (exact) mass is 451 g/mol. The average Bonchev–Trinajstić information content (AvgIpc) is 3.04. The van der Waals surface area contributed by atoms with Crippen molar-refractivity contribution >= 4 is 5.69 Å². The normalized spacial score (nSPS) is 34.8. The van der Waals surface area contributed by atoms with E-state index in [4.69, 9.17) is 0 Å². The lowest BCUT2D eigenvalue weighted by Crippen LogP contribution is -2.52. The highest BCUT2D eigenvalue weighted by molar-refractivity contribution is 5.47. The van der Waals surface area contributed by atoms with E-state index in [2.05, 4.69) is 104 Å². The minimum absolute atomic E-state index is 0.0515. The summed E-state index contributed by atoms with van der Waals surface area (Å²) in [5.74, 6) is 9.87. The van der Waals surface area contributed by atoms with E-state index in [0.29, 0.717) is 29.6 Å². The lowest BCUT2D eigenvalue weighted by molar-refractivity contribution is -0.0857. The second-order valence-electron chi connectivity index (χ2n) is 12.4. The summed E-state index contributed by atoms with van der Waals surface area (Å²) < 4.78 is 0. The third-order valence-corrected chi connectivity index (χ3v) is 9.66. The van der Waals surface area contributed by atoms with Gasteiger partial charge in [0.1, 0.15) is 5.60 Å². The van der Waals surface area contributed by atoms with Gasteiger partial charge in [0.2, 0.25) is 0 Å². The zero-order valence-electron chi connectivity index (χ0n) is 22.8. The Balaban J connectivity index is 2.05. The van der Waals surface area contributed by atoms with Crippen molar-refractivity contribution in [1.29, 1.82) is 0 Å². The molecule has 0 heterocycles. The van der Waals surface area contributed by atoms with Crippen molar-refractivity contribution < 1.29 is 5.11 Å². The summed E-state index contributed by atoms with van der Waals surface area (Å²) in [5.41, 5.74) is 1.57. The molecule has 0 radical (unpaired) electrons. The third-order valence-electron chi connectivity index (χ3n) is 9.66. The quantitative estimate of drug-likeness (QED) is 0.452. The van der Waals surface area contributed by atoms with E-state index >= 15 is 0 Å². The molecule has 184 valence electrons. The van der Waals surface area contributed by atoms with Gasteiger partial charge in [0.15, 0.2) is 0 Å². The van der Waals surface area contributed by atoms with Crippen LogP contribution in [-0.2, 0) is 0 Å². The van der Waals surface area contributed by atoms with Gasteiger partial charge in [0.25, 0.3) is 0 Å². The van der Waals surface area contributed by atoms with Crippen LogP contribution < -0.4 is 4.90 Å². The van der Waals surface area contributed by atoms with Gasteiger partial charge in [-0.05, 0) is 86.8 Å². The van der Waals surface area contributed by atoms with E-state index in [1.165, 1.54) is 24.1 Å². The summed E-state index contributed by atoms with van der Waals surface area (Å²) in [4.78, 5) is 2.17. The van der Waals surface area contributed by atoms with Crippen molar-refractivity contribution in [2.75, 3.05) is 19.0 Å². The molecule has 0 amide bonds. The van der Waals surface area contributed by atoms with Gasteiger partial charge in [0.05, 0.1) is 0 Å². The molecule has 3 rings (SSSR count). The van der Waals surface area contributed by atoms with Crippen LogP contribution in [0.5, 0.6) is 0 Å². The van der Waals surface area contributed by atoms with Crippen molar-refractivity contribution in [3.63, 3.8) is 0 Å². The summed E-state index contributed by atoms with van der Waals surface area (Å²) in [7, 11) is 4.20. The Bertz CT molecular complexity index is 859. The molecule has 1 aromatic carbocycles. The van der Waals surface area contributed by atoms with E-state index < -0.39 is 5.60 Å². The molecule has 0 aliphatic heterocycles. The van der Waals surface area contributed by atoms with Crippen LogP contribution in [0.25, 0.3) is 0 Å². The summed E-state index contributed by atoms with van der Waals surface area (Å²) in [6.45, 7) is 16.2. The number of aliphatic hydroxyl groups is 1. The Morgan fingerprint density at radius 2 is 1.82 bits per heavy atom. The first-order valence-electron chi connectivity index (χ1n) is 13.4. The van der Waals surface area contributed by atoms with Crippen LogP contribution in [-0.4, -0.2) is 24.8 Å². The van der Waals surface area contributed by atoms with Crippen LogP contribution in [0.3, 0.4) is 0 Å². The summed E-state index contributed by atoms with van der Waals surface area (Å²) >= 11 is 0. The zero-order valence-corrected chi connectivity index (χ0v) is 22.8. The SMILES string of the molecule is CCC[C@@H](C)[C@@H]1[C@@H](C)[C@@H]2CC[C@@](O)(C#CC(C)(C)CC)[C@@]2(C)C[C@@H]1c1ccc(N(C)C)cc1. The smallest absolute Gasteiger partial charge is 0.131 e. The van der Waals surface area contributed by atoms with Crippen molar-refractivity contribution in [3.8, 4) is 11.8 Å². The van der Waals surface area contributed by atoms with Gasteiger partial charge in [-0.15, -0.1) is 0 Å². The minimum Gasteiger partial charge on any atom is -0.378 e. The van der Waals surface area contributed by atoms with Crippen molar-refractivity contribution in [2.24, 2.45) is 34.5 Å². The van der Waals surface area contributed by atoms with Gasteiger partial charge in [-0.25, -0.2) is 0 Å². The molecule has 1 aromatic rings. The first-order valence-corrected chi connectivity index (χ1v) is 13.4. The van der Waals surface area contributed by atoms with E-state index in [1.54, 1.807) is 0 Å². The maximum Gasteiger partial charge on any atom is 0.131 e. The van der Waals surface area contributed by atoms with Crippen LogP contribution in [0, 0.1) is 46.3 Å². The molecule has 2 fully saturated rings. The molecule has 2 aliphatic carbocycles. The van der Waals surface area contributed by atoms with Crippen molar-refractivity contribution in [1.82, 2.24) is 0 Å². The van der Waals surface area contributed by atoms with Crippen LogP contribution in [0.1, 0.15) is 98.5 Å². The van der Waals surface area contributed by atoms with Gasteiger partial charge >= 0.3 is 0 Å². The number of fused-ring (bicyclic) bond motifs is 1. The largest absolute Gasteiger partial charge is 0.378 e. The predicted molar refractivity (Wildman–Crippen MR) is 142 cm³/mol. The number of anilines is 1. The molecule has 1 N–H and O–H groups in total. The van der Waals surface area contributed by atoms with Gasteiger partial charge in [-0.2, -0.15) is 0 Å². The fourth-order valence-electron chi connectivity index (χ4n) is 7.15. The molecule has 7 atom stereocenters. The van der Waals surface area contributed by atoms with Crippen LogP contribution >= 0.6 is 0 Å². The highest BCUT2D eigenvalue weighted by Crippen LogP contribution is 2.65. The Morgan fingerprint density at radius 3 is 2.36 bits per heavy atom. The summed E-state index contributed by atoms with van der Waals surface area (Å²) in [6.07, 6.45) is 6.45. The predicted octanol–water partition coefficient (Wildman–Crippen LogP) is 7.52. The number of rotatable bonds is 6. The summed E-state index contributed by atoms with van der Waals surface area (Å²) in [5, 5.41) is 12.1. The zero-order chi connectivity index (χ0) is 24.6. The first kappa shape index (κ1) is 26.2. The van der Waals surface area contributed by atoms with Crippen LogP contribution in [0.15, 0.2) is 24.3 Å². The molecule has 2 aliphatic rings. The molecule has 0 aromatic heterocycles. The Hall–Kier alpha value is -1.46. The second kappa shape index (κ2) is 9.65. The van der Waals surface area contributed by atoms with E-state index in [0.717, 1.165) is 25.7 Å². The molecule has 0 saturated heterocycles. The number of hydrogen-bond acceptors (Lipinski definition) is 2. The lowest BCUT2D eigenvalue weighted by atomic mass is 9.50. The third kappa shape index (κ3) is 4.86. The van der Waals surface area contributed by atoms with Gasteiger partial charge < -0.3 is 10.0 Å². The van der Waals surface area contributed by atoms with E-state index in [1.807, 2.05) is 0 Å². The second-order valence-corrected chi connectivity index (χ2v) is 12.4. The number of nitrogens with zero attached hydrogens (tertiary/aromatic N) is 1. The van der Waals surface area contributed by atoms with Gasteiger partial charge in [-0.3, -0.25) is 0 Å². The molecule has 33 heavy (non-hydrogen) atoms. The van der Waals surface area contributed by atoms with Crippen LogP contribution in [0.4, 0.5) is 5.69 Å². The topological polar surface area (TPSA) is 23.5 Å². The molecule has 2 saturated carbocycles. The van der Waals surface area contributed by atoms with E-state index in [9.17, 15) is 5.11 Å². The van der Waals surface area contributed by atoms with Crippen LogP contribution in [0.2, 0.25) is 0 Å². The fourth-order valence-corrected chi connectivity index (χ4v) is 7.15. The molecule has 0 unspecified atom stereocenters. The first-order chi connectivity index (χ1) is 15.4. The molecular weight excluding hydrogens is 402 g/mol. The number of hydrogen-bond donors (Lipinski definition) is 1. The Kier molecular flexibility index (Phi) is 7.65. The fraction of sp³-hybridized carbons (Fsp3) is 0.742.